The van der Waals surface area contributed by atoms with Crippen molar-refractivity contribution < 1.29 is 0 Å². The normalized spacial score (nSPS) is 14.5. The summed E-state index contributed by atoms with van der Waals surface area (Å²) in [5.41, 5.74) is 2.19. The van der Waals surface area contributed by atoms with Crippen LogP contribution in [-0.2, 0) is 0 Å². The van der Waals surface area contributed by atoms with Crippen LogP contribution in [0.2, 0.25) is 0 Å². The van der Waals surface area contributed by atoms with Crippen molar-refractivity contribution in [3.05, 3.63) is 29.8 Å². The van der Waals surface area contributed by atoms with Crippen LogP contribution in [0, 0.1) is 0 Å². The Bertz CT molecular complexity index is 357. The van der Waals surface area contributed by atoms with Gasteiger partial charge < -0.3 is 0 Å². The molecule has 0 bridgehead atoms. The summed E-state index contributed by atoms with van der Waals surface area (Å²) >= 11 is 5.96. The van der Waals surface area contributed by atoms with Crippen LogP contribution in [0.25, 0.3) is 0 Å². The number of hydrogen-bond acceptors (Lipinski definition) is 2. The number of benzene rings is 1. The maximum absolute atomic E-state index is 5.21. The average Bonchev–Trinajstić information content (AvgIpc) is 2.30. The molecule has 0 aromatic heterocycles. The average molecular weight is 351 g/mol. The first-order valence-corrected chi connectivity index (χ1v) is 5.92. The Kier molecular flexibility index (Phi) is 1.88. The topological polar surface area (TPSA) is 12.4 Å². The van der Waals surface area contributed by atoms with Crippen LogP contribution in [0.4, 0.5) is 5.69 Å². The Morgan fingerprint density at radius 2 is 2.00 bits per heavy atom. The summed E-state index contributed by atoms with van der Waals surface area (Å²) in [6.07, 6.45) is 0. The van der Waals surface area contributed by atoms with Gasteiger partial charge in [0.25, 0.3) is 0 Å². The summed E-state index contributed by atoms with van der Waals surface area (Å²) in [6.45, 7) is 0. The second kappa shape index (κ2) is 2.75. The molecule has 1 aromatic carbocycles. The molecular formula is C8H4NSTl. The molecular weight excluding hydrogens is 347 g/mol. The van der Waals surface area contributed by atoms with Crippen LogP contribution in [0.3, 0.4) is 0 Å². The molecule has 1 aliphatic rings. The molecule has 3 heteroatoms. The zero-order valence-corrected chi connectivity index (χ0v) is 11.0. The third kappa shape index (κ3) is 1.18. The molecule has 2 rings (SSSR count). The minimum atomic E-state index is 0.750. The van der Waals surface area contributed by atoms with E-state index in [-0.39, 0.29) is 0 Å². The molecule has 0 saturated heterocycles. The van der Waals surface area contributed by atoms with Crippen molar-refractivity contribution in [1.82, 2.24) is 0 Å². The molecule has 0 aliphatic carbocycles. The van der Waals surface area contributed by atoms with Gasteiger partial charge in [-0.1, -0.05) is 0 Å². The van der Waals surface area contributed by atoms with Gasteiger partial charge in [0.15, 0.2) is 0 Å². The molecule has 11 heavy (non-hydrogen) atoms. The molecule has 0 atom stereocenters. The molecule has 50 valence electrons. The Morgan fingerprint density at radius 3 is 2.73 bits per heavy atom. The summed E-state index contributed by atoms with van der Waals surface area (Å²) in [7, 11) is 0. The van der Waals surface area contributed by atoms with Crippen LogP contribution in [0.5, 0.6) is 0 Å². The van der Waals surface area contributed by atoms with Crippen LogP contribution in [-0.4, -0.2) is 33.9 Å². The van der Waals surface area contributed by atoms with Crippen molar-refractivity contribution in [3.63, 3.8) is 0 Å². The zero-order valence-electron chi connectivity index (χ0n) is 5.74. The first kappa shape index (κ1) is 7.55. The second-order valence-corrected chi connectivity index (χ2v) is 4.88. The number of fused-ring (bicyclic) bond motifs is 1. The molecule has 0 radical (unpaired) electrons. The molecule has 1 nitrogen and oxygen atoms in total. The number of thiocarbonyl (C=S) groups is 1. The number of nitrogens with zero attached hydrogens (tertiary/aromatic N) is 1. The van der Waals surface area contributed by atoms with E-state index in [0.717, 1.165) is 45.2 Å². The van der Waals surface area contributed by atoms with Gasteiger partial charge in [-0.15, -0.1) is 0 Å². The van der Waals surface area contributed by atoms with Crippen molar-refractivity contribution in [2.75, 3.05) is 0 Å². The third-order valence-corrected chi connectivity index (χ3v) is 4.49. The van der Waals surface area contributed by atoms with Crippen molar-refractivity contribution >= 4 is 51.8 Å². The number of aliphatic imine (C=N–C) groups is 1. The predicted octanol–water partition coefficient (Wildman–Crippen LogP) is 1.62. The van der Waals surface area contributed by atoms with Gasteiger partial charge in [0, 0.05) is 0 Å². The Hall–Kier alpha value is -0.0979. The Morgan fingerprint density at radius 1 is 1.27 bits per heavy atom. The first-order chi connectivity index (χ1) is 5.29. The first-order valence-electron chi connectivity index (χ1n) is 3.27. The van der Waals surface area contributed by atoms with Gasteiger partial charge in [-0.2, -0.15) is 0 Å². The maximum atomic E-state index is 5.21. The monoisotopic (exact) mass is 351 g/mol. The summed E-state index contributed by atoms with van der Waals surface area (Å²) < 4.78 is 1.13. The van der Waals surface area contributed by atoms with E-state index in [1.165, 1.54) is 0 Å². The van der Waals surface area contributed by atoms with E-state index >= 15 is 0 Å². The van der Waals surface area contributed by atoms with Crippen LogP contribution in [0.1, 0.15) is 5.56 Å². The number of hydrogen-bond donors (Lipinski definition) is 0. The third-order valence-electron chi connectivity index (χ3n) is 1.62. The Labute approximate surface area is 86.2 Å². The van der Waals surface area contributed by atoms with E-state index in [2.05, 4.69) is 4.99 Å². The van der Waals surface area contributed by atoms with Gasteiger partial charge in [-0.05, 0) is 0 Å². The van der Waals surface area contributed by atoms with E-state index < -0.39 is 0 Å². The molecule has 0 fully saturated rings. The molecule has 1 aliphatic heterocycles. The number of para-hydroxylation sites is 1. The van der Waals surface area contributed by atoms with Crippen LogP contribution >= 0.6 is 12.2 Å². The molecule has 1 heterocycles. The predicted molar refractivity (Wildman–Crippen MR) is 51.0 cm³/mol. The molecule has 0 N–H and O–H groups in total. The zero-order chi connectivity index (χ0) is 7.84. The van der Waals surface area contributed by atoms with E-state index in [4.69, 9.17) is 12.2 Å². The summed E-state index contributed by atoms with van der Waals surface area (Å²) in [5, 5.41) is 0. The van der Waals surface area contributed by atoms with Crippen LogP contribution < -0.4 is 0 Å². The van der Waals surface area contributed by atoms with Crippen molar-refractivity contribution in [2.24, 2.45) is 4.99 Å². The van der Waals surface area contributed by atoms with E-state index in [0.29, 0.717) is 0 Å². The fraction of sp³-hybridized carbons (Fsp3) is 0. The summed E-state index contributed by atoms with van der Waals surface area (Å²) in [4.78, 5) is 5.35. The quantitative estimate of drug-likeness (QED) is 0.512. The SMILES string of the molecule is S=C1[C]([Tl])=Nc2ccccc21. The molecule has 0 spiro atoms. The number of rotatable bonds is 0. The van der Waals surface area contributed by atoms with Gasteiger partial charge >= 0.3 is 86.6 Å². The van der Waals surface area contributed by atoms with Crippen molar-refractivity contribution in [1.29, 1.82) is 0 Å². The van der Waals surface area contributed by atoms with Gasteiger partial charge in [0.2, 0.25) is 0 Å². The summed E-state index contributed by atoms with van der Waals surface area (Å²) in [6, 6.07) is 8.05. The van der Waals surface area contributed by atoms with Crippen molar-refractivity contribution in [2.45, 2.75) is 0 Å². The van der Waals surface area contributed by atoms with E-state index in [1.54, 1.807) is 0 Å². The molecule has 0 amide bonds. The van der Waals surface area contributed by atoms with Gasteiger partial charge in [-0.3, -0.25) is 0 Å². The van der Waals surface area contributed by atoms with Gasteiger partial charge in [0.1, 0.15) is 0 Å². The molecule has 0 saturated carbocycles. The van der Waals surface area contributed by atoms with Crippen molar-refractivity contribution in [3.8, 4) is 0 Å². The second-order valence-electron chi connectivity index (χ2n) is 2.34. The standard InChI is InChI=1S/C8H4NS.Tl/c10-8-5-9-7-4-2-1-3-6(7)8;/h1-4H;. The van der Waals surface area contributed by atoms with Gasteiger partial charge in [0.05, 0.1) is 0 Å². The van der Waals surface area contributed by atoms with E-state index in [1.807, 2.05) is 24.3 Å². The Balaban J connectivity index is 2.67. The van der Waals surface area contributed by atoms with E-state index in [9.17, 15) is 0 Å². The fourth-order valence-corrected chi connectivity index (χ4v) is 2.45. The minimum absolute atomic E-state index is 0.750. The summed E-state index contributed by atoms with van der Waals surface area (Å²) in [5.74, 6) is 0. The van der Waals surface area contributed by atoms with Crippen LogP contribution in [0.15, 0.2) is 29.3 Å². The molecule has 0 unspecified atom stereocenters. The molecule has 1 aromatic rings. The fourth-order valence-electron chi connectivity index (χ4n) is 1.08. The van der Waals surface area contributed by atoms with Gasteiger partial charge in [-0.25, -0.2) is 0 Å².